The van der Waals surface area contributed by atoms with Crippen molar-refractivity contribution >= 4 is 17.9 Å². The molecule has 2 atom stereocenters. The van der Waals surface area contributed by atoms with Crippen LogP contribution >= 0.6 is 0 Å². The smallest absolute Gasteiger partial charge is 0.408 e. The molecule has 0 aromatic heterocycles. The van der Waals surface area contributed by atoms with Crippen LogP contribution in [0.15, 0.2) is 18.2 Å². The molecular formula is C26H43N3O4. The maximum absolute atomic E-state index is 13.8. The van der Waals surface area contributed by atoms with E-state index in [1.807, 2.05) is 66.7 Å². The number of hydrogen-bond acceptors (Lipinski definition) is 4. The van der Waals surface area contributed by atoms with E-state index in [0.717, 1.165) is 16.7 Å². The molecule has 1 rings (SSSR count). The molecule has 0 aliphatic heterocycles. The quantitative estimate of drug-likeness (QED) is 0.560. The molecule has 3 amide bonds. The highest BCUT2D eigenvalue weighted by Crippen LogP contribution is 2.28. The number of rotatable bonds is 9. The molecule has 0 saturated heterocycles. The van der Waals surface area contributed by atoms with Gasteiger partial charge in [-0.05, 0) is 84.4 Å². The van der Waals surface area contributed by atoms with E-state index < -0.39 is 23.8 Å². The molecule has 1 aromatic carbocycles. The van der Waals surface area contributed by atoms with Crippen LogP contribution in [0.25, 0.3) is 0 Å². The standard InChI is InChI=1S/C26H43N3O4/c1-11-29(24(31)21(15-16(2)3)28-25(32)33-26(8,9)10)22(23(30)27-17(4)5)20-14-12-13-18(6)19(20)7/h12-14,16-17,21-22H,11,15H2,1-10H3,(H,27,30)(H,28,32). The second kappa shape index (κ2) is 12.1. The zero-order chi connectivity index (χ0) is 25.5. The molecule has 0 saturated carbocycles. The number of benzene rings is 1. The lowest BCUT2D eigenvalue weighted by molar-refractivity contribution is -0.142. The number of likely N-dealkylation sites (N-methyl/N-ethyl adjacent to an activating group) is 1. The summed E-state index contributed by atoms with van der Waals surface area (Å²) in [5, 5.41) is 5.71. The van der Waals surface area contributed by atoms with E-state index in [1.165, 1.54) is 0 Å². The van der Waals surface area contributed by atoms with Crippen molar-refractivity contribution in [1.82, 2.24) is 15.5 Å². The van der Waals surface area contributed by atoms with Crippen LogP contribution in [0.5, 0.6) is 0 Å². The fourth-order valence-electron chi connectivity index (χ4n) is 3.69. The van der Waals surface area contributed by atoms with E-state index in [1.54, 1.807) is 25.7 Å². The van der Waals surface area contributed by atoms with Crippen LogP contribution < -0.4 is 10.6 Å². The molecule has 1 aromatic rings. The number of carbonyl (C=O) groups is 3. The van der Waals surface area contributed by atoms with Crippen LogP contribution in [0.2, 0.25) is 0 Å². The predicted octanol–water partition coefficient (Wildman–Crippen LogP) is 4.66. The Hall–Kier alpha value is -2.57. The van der Waals surface area contributed by atoms with Crippen molar-refractivity contribution in [1.29, 1.82) is 0 Å². The second-order valence-electron chi connectivity index (χ2n) is 10.3. The van der Waals surface area contributed by atoms with Crippen LogP contribution in [0.3, 0.4) is 0 Å². The van der Waals surface area contributed by atoms with E-state index >= 15 is 0 Å². The van der Waals surface area contributed by atoms with E-state index in [4.69, 9.17) is 4.74 Å². The minimum absolute atomic E-state index is 0.0785. The Morgan fingerprint density at radius 3 is 2.12 bits per heavy atom. The van der Waals surface area contributed by atoms with Crippen LogP contribution in [0.4, 0.5) is 4.79 Å². The number of amides is 3. The molecule has 0 bridgehead atoms. The highest BCUT2D eigenvalue weighted by molar-refractivity contribution is 5.92. The molecule has 2 N–H and O–H groups in total. The van der Waals surface area contributed by atoms with Crippen molar-refractivity contribution in [3.63, 3.8) is 0 Å². The van der Waals surface area contributed by atoms with E-state index in [9.17, 15) is 14.4 Å². The number of nitrogens with one attached hydrogen (secondary N) is 2. The predicted molar refractivity (Wildman–Crippen MR) is 132 cm³/mol. The van der Waals surface area contributed by atoms with Crippen LogP contribution in [0, 0.1) is 19.8 Å². The number of hydrogen-bond donors (Lipinski definition) is 2. The van der Waals surface area contributed by atoms with Gasteiger partial charge in [-0.15, -0.1) is 0 Å². The molecule has 0 heterocycles. The summed E-state index contributed by atoms with van der Waals surface area (Å²) in [5.41, 5.74) is 2.11. The van der Waals surface area contributed by atoms with Crippen LogP contribution in [0.1, 0.15) is 84.5 Å². The first-order chi connectivity index (χ1) is 15.2. The summed E-state index contributed by atoms with van der Waals surface area (Å²) in [6.07, 6.45) is -0.215. The summed E-state index contributed by atoms with van der Waals surface area (Å²) >= 11 is 0. The van der Waals surface area contributed by atoms with E-state index in [2.05, 4.69) is 10.6 Å². The Labute approximate surface area is 199 Å². The molecule has 0 aliphatic carbocycles. The summed E-state index contributed by atoms with van der Waals surface area (Å²) in [6, 6.07) is 4.09. The van der Waals surface area contributed by atoms with Gasteiger partial charge in [0.05, 0.1) is 0 Å². The van der Waals surface area contributed by atoms with Crippen LogP contribution in [-0.4, -0.2) is 47.0 Å². The fourth-order valence-corrected chi connectivity index (χ4v) is 3.69. The third-order valence-corrected chi connectivity index (χ3v) is 5.25. The minimum Gasteiger partial charge on any atom is -0.444 e. The summed E-state index contributed by atoms with van der Waals surface area (Å²) in [6.45, 7) is 19.2. The zero-order valence-electron chi connectivity index (χ0n) is 22.0. The van der Waals surface area contributed by atoms with Gasteiger partial charge in [-0.1, -0.05) is 32.0 Å². The Balaban J connectivity index is 3.42. The number of carbonyl (C=O) groups excluding carboxylic acids is 3. The number of nitrogens with zero attached hydrogens (tertiary/aromatic N) is 1. The molecule has 7 heteroatoms. The first-order valence-electron chi connectivity index (χ1n) is 11.8. The topological polar surface area (TPSA) is 87.7 Å². The third kappa shape index (κ3) is 8.71. The first-order valence-corrected chi connectivity index (χ1v) is 11.8. The van der Waals surface area contributed by atoms with E-state index in [0.29, 0.717) is 13.0 Å². The maximum Gasteiger partial charge on any atom is 0.408 e. The summed E-state index contributed by atoms with van der Waals surface area (Å²) in [4.78, 5) is 41.2. The molecular weight excluding hydrogens is 418 g/mol. The summed E-state index contributed by atoms with van der Waals surface area (Å²) < 4.78 is 5.39. The number of ether oxygens (including phenoxy) is 1. The number of aryl methyl sites for hydroxylation is 1. The Kier molecular flexibility index (Phi) is 10.4. The first kappa shape index (κ1) is 28.5. The molecule has 0 fully saturated rings. The van der Waals surface area contributed by atoms with Crippen molar-refractivity contribution in [2.24, 2.45) is 5.92 Å². The van der Waals surface area contributed by atoms with Crippen molar-refractivity contribution < 1.29 is 19.1 Å². The van der Waals surface area contributed by atoms with Gasteiger partial charge < -0.3 is 20.3 Å². The third-order valence-electron chi connectivity index (χ3n) is 5.25. The SMILES string of the molecule is CCN(C(=O)C(CC(C)C)NC(=O)OC(C)(C)C)C(C(=O)NC(C)C)c1cccc(C)c1C. The monoisotopic (exact) mass is 461 g/mol. The van der Waals surface area contributed by atoms with Crippen LogP contribution in [-0.2, 0) is 14.3 Å². The second-order valence-corrected chi connectivity index (χ2v) is 10.3. The molecule has 186 valence electrons. The van der Waals surface area contributed by atoms with Gasteiger partial charge >= 0.3 is 6.09 Å². The normalized spacial score (nSPS) is 13.5. The molecule has 0 radical (unpaired) electrons. The van der Waals surface area contributed by atoms with Crippen molar-refractivity contribution in [2.75, 3.05) is 6.54 Å². The average Bonchev–Trinajstić information content (AvgIpc) is 2.65. The van der Waals surface area contributed by atoms with Gasteiger partial charge in [-0.25, -0.2) is 4.79 Å². The molecule has 0 spiro atoms. The highest BCUT2D eigenvalue weighted by atomic mass is 16.6. The van der Waals surface area contributed by atoms with Gasteiger partial charge in [-0.2, -0.15) is 0 Å². The molecule has 7 nitrogen and oxygen atoms in total. The fraction of sp³-hybridized carbons (Fsp3) is 0.654. The Morgan fingerprint density at radius 2 is 1.64 bits per heavy atom. The lowest BCUT2D eigenvalue weighted by Gasteiger charge is -2.35. The summed E-state index contributed by atoms with van der Waals surface area (Å²) in [5.74, 6) is -0.396. The molecule has 0 aliphatic rings. The number of alkyl carbamates (subject to hydrolysis) is 1. The Morgan fingerprint density at radius 1 is 1.03 bits per heavy atom. The van der Waals surface area contributed by atoms with E-state index in [-0.39, 0.29) is 23.8 Å². The molecule has 33 heavy (non-hydrogen) atoms. The zero-order valence-corrected chi connectivity index (χ0v) is 22.0. The van der Waals surface area contributed by atoms with Gasteiger partial charge in [0.15, 0.2) is 0 Å². The minimum atomic E-state index is -0.806. The lowest BCUT2D eigenvalue weighted by Crippen LogP contribution is -2.53. The van der Waals surface area contributed by atoms with Gasteiger partial charge in [0, 0.05) is 12.6 Å². The van der Waals surface area contributed by atoms with Crippen molar-refractivity contribution in [2.45, 2.75) is 99.4 Å². The van der Waals surface area contributed by atoms with Gasteiger partial charge in [0.2, 0.25) is 11.8 Å². The molecule has 2 unspecified atom stereocenters. The average molecular weight is 462 g/mol. The largest absolute Gasteiger partial charge is 0.444 e. The van der Waals surface area contributed by atoms with Gasteiger partial charge in [-0.3, -0.25) is 9.59 Å². The Bertz CT molecular complexity index is 827. The highest BCUT2D eigenvalue weighted by Gasteiger charge is 2.36. The summed E-state index contributed by atoms with van der Waals surface area (Å²) in [7, 11) is 0. The van der Waals surface area contributed by atoms with Gasteiger partial charge in [0.1, 0.15) is 17.7 Å². The van der Waals surface area contributed by atoms with Crippen molar-refractivity contribution in [3.05, 3.63) is 34.9 Å². The van der Waals surface area contributed by atoms with Crippen molar-refractivity contribution in [3.8, 4) is 0 Å². The lowest BCUT2D eigenvalue weighted by atomic mass is 9.94. The maximum atomic E-state index is 13.8. The van der Waals surface area contributed by atoms with Gasteiger partial charge in [0.25, 0.3) is 0 Å².